The van der Waals surface area contributed by atoms with Crippen LogP contribution in [0.5, 0.6) is 0 Å². The van der Waals surface area contributed by atoms with Crippen molar-refractivity contribution in [1.29, 1.82) is 0 Å². The summed E-state index contributed by atoms with van der Waals surface area (Å²) in [5.41, 5.74) is 0. The minimum absolute atomic E-state index is 0.0634. The van der Waals surface area contributed by atoms with Crippen molar-refractivity contribution in [1.82, 2.24) is 5.32 Å². The van der Waals surface area contributed by atoms with Crippen LogP contribution in [-0.4, -0.2) is 44.5 Å². The summed E-state index contributed by atoms with van der Waals surface area (Å²) in [4.78, 5) is 11.3. The zero-order valence-corrected chi connectivity index (χ0v) is 16.1. The Morgan fingerprint density at radius 1 is 1.04 bits per heavy atom. The average molecular weight is 356 g/mol. The first-order valence-corrected chi connectivity index (χ1v) is 9.99. The molecule has 2 heterocycles. The van der Waals surface area contributed by atoms with Crippen molar-refractivity contribution in [3.63, 3.8) is 0 Å². The Balaban J connectivity index is 0.000000324. The van der Waals surface area contributed by atoms with Crippen molar-refractivity contribution in [3.05, 3.63) is 12.3 Å². The number of ether oxygens (including phenoxy) is 3. The largest absolute Gasteiger partial charge is 0.463 e. The molecule has 146 valence electrons. The molecule has 0 spiro atoms. The lowest BCUT2D eigenvalue weighted by atomic mass is 10.1. The number of unbranched alkanes of at least 4 members (excludes halogenated alkanes) is 7. The maximum atomic E-state index is 11.3. The predicted octanol–water partition coefficient (Wildman–Crippen LogP) is 3.97. The maximum Gasteiger partial charge on any atom is 0.305 e. The smallest absolute Gasteiger partial charge is 0.305 e. The highest BCUT2D eigenvalue weighted by atomic mass is 16.6. The number of allylic oxidation sites excluding steroid dienone is 1. The van der Waals surface area contributed by atoms with Crippen LogP contribution in [0.1, 0.15) is 71.6 Å². The lowest BCUT2D eigenvalue weighted by molar-refractivity contribution is -0.144. The van der Waals surface area contributed by atoms with Crippen molar-refractivity contribution >= 4 is 5.97 Å². The van der Waals surface area contributed by atoms with Gasteiger partial charge in [-0.25, -0.2) is 0 Å². The Morgan fingerprint density at radius 2 is 1.64 bits per heavy atom. The number of carbonyl (C=O) groups excluding carboxylic acids is 1. The molecule has 2 aliphatic rings. The standard InChI is InChI=1S/C14H26O3.C6H11NO/c1-2-3-4-5-6-7-8-9-10-14(15)17-12-13-11-16-13;1-2-3-7-4-6-5-8-6/h13H,2-12H2,1H3;2-3,6-7H,4-5H2,1H3. The maximum absolute atomic E-state index is 11.3. The van der Waals surface area contributed by atoms with Crippen LogP contribution in [0.4, 0.5) is 0 Å². The highest BCUT2D eigenvalue weighted by Crippen LogP contribution is 2.11. The van der Waals surface area contributed by atoms with E-state index in [-0.39, 0.29) is 12.1 Å². The molecule has 2 unspecified atom stereocenters. The van der Waals surface area contributed by atoms with Crippen LogP contribution >= 0.6 is 0 Å². The van der Waals surface area contributed by atoms with Crippen LogP contribution in [0, 0.1) is 0 Å². The Bertz CT molecular complexity index is 352. The lowest BCUT2D eigenvalue weighted by Crippen LogP contribution is -2.11. The molecule has 2 aliphatic heterocycles. The molecule has 0 amide bonds. The van der Waals surface area contributed by atoms with Gasteiger partial charge in [0.1, 0.15) is 12.7 Å². The van der Waals surface area contributed by atoms with Crippen molar-refractivity contribution in [2.24, 2.45) is 0 Å². The summed E-state index contributed by atoms with van der Waals surface area (Å²) in [6.45, 7) is 7.33. The molecule has 5 heteroatoms. The zero-order chi connectivity index (χ0) is 18.2. The van der Waals surface area contributed by atoms with Crippen molar-refractivity contribution < 1.29 is 19.0 Å². The fraction of sp³-hybridized carbons (Fsp3) is 0.850. The van der Waals surface area contributed by atoms with Gasteiger partial charge in [-0.3, -0.25) is 4.79 Å². The summed E-state index contributed by atoms with van der Waals surface area (Å²) in [5, 5.41) is 3.09. The normalized spacial score (nSPS) is 20.7. The van der Waals surface area contributed by atoms with Gasteiger partial charge in [0.2, 0.25) is 0 Å². The van der Waals surface area contributed by atoms with E-state index in [0.29, 0.717) is 19.1 Å². The number of esters is 1. The Kier molecular flexibility index (Phi) is 13.4. The average Bonchev–Trinajstić information content (AvgIpc) is 3.51. The van der Waals surface area contributed by atoms with Gasteiger partial charge in [0, 0.05) is 13.0 Å². The number of epoxide rings is 2. The molecule has 2 saturated heterocycles. The molecular weight excluding hydrogens is 318 g/mol. The van der Waals surface area contributed by atoms with Crippen molar-refractivity contribution in [3.8, 4) is 0 Å². The van der Waals surface area contributed by atoms with Gasteiger partial charge < -0.3 is 19.5 Å². The summed E-state index contributed by atoms with van der Waals surface area (Å²) in [5.74, 6) is -0.0634. The van der Waals surface area contributed by atoms with Gasteiger partial charge in [-0.2, -0.15) is 0 Å². The predicted molar refractivity (Wildman–Crippen MR) is 100 cm³/mol. The second-order valence-corrected chi connectivity index (χ2v) is 6.73. The van der Waals surface area contributed by atoms with Gasteiger partial charge in [0.15, 0.2) is 0 Å². The number of carbonyl (C=O) groups is 1. The molecular formula is C20H37NO4. The molecule has 0 bridgehead atoms. The molecule has 0 radical (unpaired) electrons. The monoisotopic (exact) mass is 355 g/mol. The SMILES string of the molecule is CC=CNCC1CO1.CCCCCCCCCCC(=O)OCC1CO1. The number of nitrogens with one attached hydrogen (secondary N) is 1. The number of hydrogen-bond donors (Lipinski definition) is 1. The fourth-order valence-electron chi connectivity index (χ4n) is 2.33. The molecule has 2 fully saturated rings. The summed E-state index contributed by atoms with van der Waals surface area (Å²) in [6.07, 6.45) is 15.2. The molecule has 0 aromatic carbocycles. The molecule has 2 rings (SSSR count). The van der Waals surface area contributed by atoms with Crippen LogP contribution in [0.3, 0.4) is 0 Å². The Hall–Kier alpha value is -1.07. The van der Waals surface area contributed by atoms with E-state index >= 15 is 0 Å². The highest BCUT2D eigenvalue weighted by Gasteiger charge is 2.23. The highest BCUT2D eigenvalue weighted by molar-refractivity contribution is 5.69. The van der Waals surface area contributed by atoms with Crippen LogP contribution in [-0.2, 0) is 19.0 Å². The first-order valence-electron chi connectivity index (χ1n) is 9.99. The van der Waals surface area contributed by atoms with Crippen LogP contribution < -0.4 is 5.32 Å². The first kappa shape index (κ1) is 22.0. The molecule has 0 aliphatic carbocycles. The lowest BCUT2D eigenvalue weighted by Gasteiger charge is -2.03. The number of rotatable bonds is 14. The topological polar surface area (TPSA) is 63.4 Å². The summed E-state index contributed by atoms with van der Waals surface area (Å²) < 4.78 is 15.0. The second kappa shape index (κ2) is 15.2. The molecule has 1 N–H and O–H groups in total. The zero-order valence-electron chi connectivity index (χ0n) is 16.1. The second-order valence-electron chi connectivity index (χ2n) is 6.73. The van der Waals surface area contributed by atoms with Gasteiger partial charge in [-0.1, -0.05) is 57.9 Å². The van der Waals surface area contributed by atoms with E-state index < -0.39 is 0 Å². The van der Waals surface area contributed by atoms with E-state index in [2.05, 4.69) is 12.2 Å². The summed E-state index contributed by atoms with van der Waals surface area (Å²) in [7, 11) is 0. The van der Waals surface area contributed by atoms with Gasteiger partial charge in [0.05, 0.1) is 19.3 Å². The summed E-state index contributed by atoms with van der Waals surface area (Å²) >= 11 is 0. The Morgan fingerprint density at radius 3 is 2.20 bits per heavy atom. The van der Waals surface area contributed by atoms with Crippen LogP contribution in [0.15, 0.2) is 12.3 Å². The van der Waals surface area contributed by atoms with Crippen LogP contribution in [0.25, 0.3) is 0 Å². The molecule has 2 atom stereocenters. The van der Waals surface area contributed by atoms with E-state index in [1.165, 1.54) is 38.5 Å². The van der Waals surface area contributed by atoms with Gasteiger partial charge in [-0.15, -0.1) is 0 Å². The van der Waals surface area contributed by atoms with E-state index in [1.54, 1.807) is 0 Å². The van der Waals surface area contributed by atoms with E-state index in [0.717, 1.165) is 32.6 Å². The third-order valence-corrected chi connectivity index (χ3v) is 4.10. The molecule has 0 aromatic heterocycles. The third-order valence-electron chi connectivity index (χ3n) is 4.10. The Labute approximate surface area is 153 Å². The van der Waals surface area contributed by atoms with Crippen LogP contribution in [0.2, 0.25) is 0 Å². The quantitative estimate of drug-likeness (QED) is 0.290. The van der Waals surface area contributed by atoms with Gasteiger partial charge >= 0.3 is 5.97 Å². The fourth-order valence-corrected chi connectivity index (χ4v) is 2.33. The molecule has 5 nitrogen and oxygen atoms in total. The molecule has 25 heavy (non-hydrogen) atoms. The summed E-state index contributed by atoms with van der Waals surface area (Å²) in [6, 6.07) is 0. The molecule has 0 aromatic rings. The number of hydrogen-bond acceptors (Lipinski definition) is 5. The van der Waals surface area contributed by atoms with Gasteiger partial charge in [0.25, 0.3) is 0 Å². The molecule has 0 saturated carbocycles. The third kappa shape index (κ3) is 16.2. The van der Waals surface area contributed by atoms with Gasteiger partial charge in [-0.05, 0) is 19.5 Å². The van der Waals surface area contributed by atoms with Crippen molar-refractivity contribution in [2.45, 2.75) is 83.8 Å². The first-order chi connectivity index (χ1) is 12.3. The van der Waals surface area contributed by atoms with Crippen molar-refractivity contribution in [2.75, 3.05) is 26.4 Å². The van der Waals surface area contributed by atoms with E-state index in [4.69, 9.17) is 14.2 Å². The minimum atomic E-state index is -0.0634. The van der Waals surface area contributed by atoms with E-state index in [1.807, 2.05) is 19.2 Å². The minimum Gasteiger partial charge on any atom is -0.463 e. The van der Waals surface area contributed by atoms with E-state index in [9.17, 15) is 4.79 Å².